The molecule has 2 fully saturated rings. The first-order valence-corrected chi connectivity index (χ1v) is 11.8. The van der Waals surface area contributed by atoms with E-state index in [-0.39, 0.29) is 40.7 Å². The molecule has 7 heteroatoms. The van der Waals surface area contributed by atoms with Gasteiger partial charge in [0.1, 0.15) is 0 Å². The van der Waals surface area contributed by atoms with Gasteiger partial charge in [-0.05, 0) is 54.6 Å². The van der Waals surface area contributed by atoms with Gasteiger partial charge < -0.3 is 10.4 Å². The van der Waals surface area contributed by atoms with Crippen LogP contribution in [0, 0.1) is 16.7 Å². The Morgan fingerprint density at radius 3 is 2.77 bits per heavy atom. The summed E-state index contributed by atoms with van der Waals surface area (Å²) in [6.07, 6.45) is 3.93. The topological polar surface area (TPSA) is 84.2 Å². The Balaban J connectivity index is 1.49. The first-order chi connectivity index (χ1) is 14.3. The van der Waals surface area contributed by atoms with E-state index in [1.165, 1.54) is 18.2 Å². The maximum Gasteiger partial charge on any atom is 0.262 e. The summed E-state index contributed by atoms with van der Waals surface area (Å²) < 4.78 is 1.58. The molecule has 3 unspecified atom stereocenters. The van der Waals surface area contributed by atoms with Gasteiger partial charge in [-0.3, -0.25) is 14.2 Å². The van der Waals surface area contributed by atoms with Crippen LogP contribution in [0.3, 0.4) is 0 Å². The van der Waals surface area contributed by atoms with E-state index >= 15 is 0 Å². The lowest BCUT2D eigenvalue weighted by Crippen LogP contribution is -2.47. The second kappa shape index (κ2) is 8.00. The highest BCUT2D eigenvalue weighted by atomic mass is 32.2. The fraction of sp³-hybridized carbons (Fsp3) is 0.609. The highest BCUT2D eigenvalue weighted by Crippen LogP contribution is 2.65. The van der Waals surface area contributed by atoms with Gasteiger partial charge in [0.2, 0.25) is 5.91 Å². The van der Waals surface area contributed by atoms with Crippen LogP contribution in [0.4, 0.5) is 0 Å². The lowest BCUT2D eigenvalue weighted by Gasteiger charge is -2.39. The van der Waals surface area contributed by atoms with Gasteiger partial charge in [-0.15, -0.1) is 0 Å². The van der Waals surface area contributed by atoms with Crippen LogP contribution in [-0.2, 0) is 11.3 Å². The normalized spacial score (nSPS) is 26.9. The molecular weight excluding hydrogens is 398 g/mol. The number of nitrogens with one attached hydrogen (secondary N) is 1. The van der Waals surface area contributed by atoms with E-state index in [2.05, 4.69) is 31.1 Å². The summed E-state index contributed by atoms with van der Waals surface area (Å²) in [4.78, 5) is 30.3. The minimum absolute atomic E-state index is 0.00107. The number of nitrogens with zero attached hydrogens (tertiary/aromatic N) is 2. The molecule has 2 aromatic rings. The average molecular weight is 430 g/mol. The Labute approximate surface area is 181 Å². The molecule has 2 N–H and O–H groups in total. The van der Waals surface area contributed by atoms with Crippen LogP contribution < -0.4 is 10.9 Å². The molecule has 2 saturated carbocycles. The molecule has 162 valence electrons. The molecule has 1 aromatic heterocycles. The summed E-state index contributed by atoms with van der Waals surface area (Å²) in [5.74, 6) is 0.888. The zero-order chi connectivity index (χ0) is 21.5. The van der Waals surface area contributed by atoms with Crippen molar-refractivity contribution in [2.45, 2.75) is 64.2 Å². The number of rotatable bonds is 7. The standard InChI is InChI=1S/C23H31N3O3S/c1-22(2)15-9-10-23(22,3)18(13-15)25-19(28)14-30-21-24-17-8-5-4-7-16(17)20(29)26(21)11-6-12-27/h4-5,7-8,15,18,27H,6,9-14H2,1-3H3,(H,25,28). The van der Waals surface area contributed by atoms with Gasteiger partial charge in [0.05, 0.1) is 16.7 Å². The molecule has 2 aliphatic carbocycles. The predicted molar refractivity (Wildman–Crippen MR) is 120 cm³/mol. The van der Waals surface area contributed by atoms with E-state index in [0.29, 0.717) is 34.9 Å². The van der Waals surface area contributed by atoms with E-state index in [9.17, 15) is 14.7 Å². The van der Waals surface area contributed by atoms with Crippen molar-refractivity contribution in [2.75, 3.05) is 12.4 Å². The molecular formula is C23H31N3O3S. The van der Waals surface area contributed by atoms with Crippen molar-refractivity contribution in [1.82, 2.24) is 14.9 Å². The van der Waals surface area contributed by atoms with Crippen molar-refractivity contribution in [2.24, 2.45) is 16.7 Å². The molecule has 3 atom stereocenters. The van der Waals surface area contributed by atoms with Gasteiger partial charge in [0.25, 0.3) is 5.56 Å². The molecule has 0 spiro atoms. The van der Waals surface area contributed by atoms with Crippen molar-refractivity contribution in [3.63, 3.8) is 0 Å². The van der Waals surface area contributed by atoms with Gasteiger partial charge >= 0.3 is 0 Å². The number of carbonyl (C=O) groups is 1. The van der Waals surface area contributed by atoms with E-state index in [1.54, 1.807) is 10.6 Å². The summed E-state index contributed by atoms with van der Waals surface area (Å²) in [6.45, 7) is 7.37. The molecule has 6 nitrogen and oxygen atoms in total. The van der Waals surface area contributed by atoms with Gasteiger partial charge in [-0.2, -0.15) is 0 Å². The van der Waals surface area contributed by atoms with Crippen LogP contribution in [-0.4, -0.2) is 39.0 Å². The van der Waals surface area contributed by atoms with Crippen molar-refractivity contribution in [3.05, 3.63) is 34.6 Å². The fourth-order valence-corrected chi connectivity index (χ4v) is 6.31. The minimum atomic E-state index is -0.126. The zero-order valence-corrected chi connectivity index (χ0v) is 18.8. The number of hydrogen-bond acceptors (Lipinski definition) is 5. The number of carbonyl (C=O) groups excluding carboxylic acids is 1. The number of aliphatic hydroxyl groups excluding tert-OH is 1. The van der Waals surface area contributed by atoms with Gasteiger partial charge in [-0.1, -0.05) is 44.7 Å². The molecule has 0 radical (unpaired) electrons. The van der Waals surface area contributed by atoms with Gasteiger partial charge in [-0.25, -0.2) is 4.98 Å². The number of hydrogen-bond donors (Lipinski definition) is 2. The van der Waals surface area contributed by atoms with E-state index in [0.717, 1.165) is 12.8 Å². The maximum absolute atomic E-state index is 12.9. The second-order valence-electron chi connectivity index (χ2n) is 9.46. The second-order valence-corrected chi connectivity index (χ2v) is 10.4. The van der Waals surface area contributed by atoms with Crippen LogP contribution in [0.2, 0.25) is 0 Å². The minimum Gasteiger partial charge on any atom is -0.396 e. The predicted octanol–water partition coefficient (Wildman–Crippen LogP) is 3.20. The van der Waals surface area contributed by atoms with Crippen LogP contribution in [0.1, 0.15) is 46.5 Å². The number of amides is 1. The Kier molecular flexibility index (Phi) is 5.70. The van der Waals surface area contributed by atoms with Crippen molar-refractivity contribution < 1.29 is 9.90 Å². The lowest BCUT2D eigenvalue weighted by molar-refractivity contribution is -0.120. The number of para-hydroxylation sites is 1. The molecule has 4 rings (SSSR count). The number of fused-ring (bicyclic) bond motifs is 3. The van der Waals surface area contributed by atoms with E-state index in [1.807, 2.05) is 18.2 Å². The summed E-state index contributed by atoms with van der Waals surface area (Å²) in [7, 11) is 0. The molecule has 1 aromatic carbocycles. The van der Waals surface area contributed by atoms with Crippen LogP contribution in [0.15, 0.2) is 34.2 Å². The summed E-state index contributed by atoms with van der Waals surface area (Å²) in [6, 6.07) is 7.46. The number of aliphatic hydroxyl groups is 1. The maximum atomic E-state index is 12.9. The zero-order valence-electron chi connectivity index (χ0n) is 18.0. The van der Waals surface area contributed by atoms with Crippen LogP contribution in [0.25, 0.3) is 10.9 Å². The highest BCUT2D eigenvalue weighted by molar-refractivity contribution is 7.99. The fourth-order valence-electron chi connectivity index (χ4n) is 5.47. The van der Waals surface area contributed by atoms with Crippen molar-refractivity contribution in [1.29, 1.82) is 0 Å². The average Bonchev–Trinajstić information content (AvgIpc) is 3.05. The Morgan fingerprint density at radius 1 is 1.33 bits per heavy atom. The largest absolute Gasteiger partial charge is 0.396 e. The lowest BCUT2D eigenvalue weighted by atomic mass is 9.69. The number of aromatic nitrogens is 2. The highest BCUT2D eigenvalue weighted by Gasteiger charge is 2.61. The Morgan fingerprint density at radius 2 is 2.10 bits per heavy atom. The molecule has 0 saturated heterocycles. The van der Waals surface area contributed by atoms with Gasteiger partial charge in [0.15, 0.2) is 5.16 Å². The molecule has 2 aliphatic rings. The molecule has 0 aliphatic heterocycles. The van der Waals surface area contributed by atoms with Crippen LogP contribution in [0.5, 0.6) is 0 Å². The van der Waals surface area contributed by atoms with Crippen molar-refractivity contribution in [3.8, 4) is 0 Å². The first-order valence-electron chi connectivity index (χ1n) is 10.8. The molecule has 1 heterocycles. The Hall–Kier alpha value is -1.86. The smallest absolute Gasteiger partial charge is 0.262 e. The SMILES string of the molecule is CC1(C)C2CCC1(C)C(NC(=O)CSc1nc3ccccc3c(=O)n1CCCO)C2. The summed E-state index contributed by atoms with van der Waals surface area (Å²) in [5.41, 5.74) is 0.901. The quantitative estimate of drug-likeness (QED) is 0.522. The molecule has 30 heavy (non-hydrogen) atoms. The van der Waals surface area contributed by atoms with Crippen molar-refractivity contribution >= 4 is 28.6 Å². The van der Waals surface area contributed by atoms with Gasteiger partial charge in [0, 0.05) is 19.2 Å². The third-order valence-corrected chi connectivity index (χ3v) is 8.80. The third-order valence-electron chi connectivity index (χ3n) is 7.83. The molecule has 1 amide bonds. The van der Waals surface area contributed by atoms with E-state index < -0.39 is 0 Å². The number of thioether (sulfide) groups is 1. The summed E-state index contributed by atoms with van der Waals surface area (Å²) in [5, 5.41) is 13.6. The number of benzene rings is 1. The first kappa shape index (κ1) is 21.4. The van der Waals surface area contributed by atoms with Crippen LogP contribution >= 0.6 is 11.8 Å². The molecule has 2 bridgehead atoms. The Bertz CT molecular complexity index is 1020. The third kappa shape index (κ3) is 3.46. The van der Waals surface area contributed by atoms with E-state index in [4.69, 9.17) is 0 Å². The summed E-state index contributed by atoms with van der Waals surface area (Å²) >= 11 is 1.29. The monoisotopic (exact) mass is 429 g/mol.